The molecule has 0 radical (unpaired) electrons. The number of carbonyl (C=O) groups excluding carboxylic acids is 2. The maximum absolute atomic E-state index is 13.9. The minimum absolute atomic E-state index is 0.0844. The molecule has 13 heteroatoms. The molecule has 2 N–H and O–H groups in total. The first-order chi connectivity index (χ1) is 27.9. The molecule has 3 aromatic carbocycles. The van der Waals surface area contributed by atoms with Crippen LogP contribution in [-0.2, 0) is 27.2 Å². The SMILES string of the molecule is Cc1c(OCCOC2C[C@H]3CC[C@@H](C2)N3CC(=O)O)cccc1-c1ccc(N2CCc3cccc(C(=O)Nc4nc5ccccc5s4)c3C2)nc1C(=O)OC(C)(C)C. The third-order valence-corrected chi connectivity index (χ3v) is 12.2. The number of esters is 1. The number of aliphatic carboxylic acids is 1. The van der Waals surface area contributed by atoms with Crippen LogP contribution in [0.3, 0.4) is 0 Å². The molecule has 12 nitrogen and oxygen atoms in total. The average Bonchev–Trinajstić information content (AvgIpc) is 3.69. The van der Waals surface area contributed by atoms with E-state index in [1.54, 1.807) is 0 Å². The summed E-state index contributed by atoms with van der Waals surface area (Å²) in [6.07, 6.45) is 4.48. The number of nitrogens with zero attached hydrogens (tertiary/aromatic N) is 4. The highest BCUT2D eigenvalue weighted by molar-refractivity contribution is 7.22. The van der Waals surface area contributed by atoms with Crippen LogP contribution >= 0.6 is 11.3 Å². The quantitative estimate of drug-likeness (QED) is 0.0939. The Bertz CT molecular complexity index is 2310. The Morgan fingerprint density at radius 1 is 0.914 bits per heavy atom. The first-order valence-corrected chi connectivity index (χ1v) is 20.8. The molecule has 2 aromatic heterocycles. The van der Waals surface area contributed by atoms with Crippen molar-refractivity contribution in [1.29, 1.82) is 0 Å². The molecular formula is C45H49N5O7S. The van der Waals surface area contributed by atoms with E-state index in [1.165, 1.54) is 11.3 Å². The van der Waals surface area contributed by atoms with E-state index < -0.39 is 17.5 Å². The number of hydrogen-bond donors (Lipinski definition) is 2. The Hall–Kier alpha value is -5.37. The zero-order chi connectivity index (χ0) is 40.6. The Morgan fingerprint density at radius 3 is 2.45 bits per heavy atom. The normalized spacial score (nSPS) is 19.2. The van der Waals surface area contributed by atoms with Crippen LogP contribution in [0.1, 0.15) is 84.0 Å². The van der Waals surface area contributed by atoms with Gasteiger partial charge in [0.15, 0.2) is 10.8 Å². The van der Waals surface area contributed by atoms with E-state index in [2.05, 4.69) is 26.2 Å². The van der Waals surface area contributed by atoms with Gasteiger partial charge in [-0.25, -0.2) is 14.8 Å². The first-order valence-electron chi connectivity index (χ1n) is 20.0. The number of amides is 1. The van der Waals surface area contributed by atoms with Gasteiger partial charge in [0.1, 0.15) is 23.8 Å². The van der Waals surface area contributed by atoms with Gasteiger partial charge < -0.3 is 24.2 Å². The molecule has 0 saturated carbocycles. The van der Waals surface area contributed by atoms with Crippen molar-refractivity contribution >= 4 is 50.3 Å². The summed E-state index contributed by atoms with van der Waals surface area (Å²) in [6, 6.07) is 23.7. The number of aromatic nitrogens is 2. The lowest BCUT2D eigenvalue weighted by Crippen LogP contribution is -2.47. The molecule has 3 atom stereocenters. The third kappa shape index (κ3) is 8.57. The van der Waals surface area contributed by atoms with E-state index in [4.69, 9.17) is 19.2 Å². The summed E-state index contributed by atoms with van der Waals surface area (Å²) in [5.74, 6) is -0.230. The van der Waals surface area contributed by atoms with Crippen molar-refractivity contribution < 1.29 is 33.7 Å². The number of benzene rings is 3. The maximum Gasteiger partial charge on any atom is 0.358 e. The Morgan fingerprint density at radius 2 is 1.69 bits per heavy atom. The monoisotopic (exact) mass is 803 g/mol. The standard InChI is InChI=1S/C45H49N5O7S/c1-27-32(10-8-13-37(27)56-22-21-55-31-23-29-15-16-30(24-31)50(29)26-40(51)52)33-17-18-39(47-41(33)43(54)57-45(2,3)4)49-20-19-28-9-7-11-34(35(28)25-49)42(53)48-44-46-36-12-5-6-14-38(36)58-44/h5-14,17-18,29-31H,15-16,19-26H2,1-4H3,(H,51,52)(H,46,48,53)/t29-,30+,31?. The van der Waals surface area contributed by atoms with Crippen molar-refractivity contribution in [3.63, 3.8) is 0 Å². The van der Waals surface area contributed by atoms with Gasteiger partial charge in [0.05, 0.1) is 29.5 Å². The van der Waals surface area contributed by atoms with Gasteiger partial charge in [-0.05, 0) is 118 Å². The van der Waals surface area contributed by atoms with Crippen LogP contribution in [0.2, 0.25) is 0 Å². The van der Waals surface area contributed by atoms with Gasteiger partial charge in [-0.3, -0.25) is 19.8 Å². The van der Waals surface area contributed by atoms with Gasteiger partial charge in [0.25, 0.3) is 5.91 Å². The number of fused-ring (bicyclic) bond motifs is 4. The summed E-state index contributed by atoms with van der Waals surface area (Å²) in [5.41, 5.74) is 5.19. The average molecular weight is 804 g/mol. The van der Waals surface area contributed by atoms with Crippen LogP contribution in [0.15, 0.2) is 72.8 Å². The Kier molecular flexibility index (Phi) is 11.2. The summed E-state index contributed by atoms with van der Waals surface area (Å²) >= 11 is 1.44. The molecule has 302 valence electrons. The Labute approximate surface area is 342 Å². The highest BCUT2D eigenvalue weighted by atomic mass is 32.1. The number of anilines is 2. The van der Waals surface area contributed by atoms with Crippen molar-refractivity contribution in [3.05, 3.63) is 101 Å². The summed E-state index contributed by atoms with van der Waals surface area (Å²) in [5, 5.41) is 12.9. The van der Waals surface area contributed by atoms with E-state index >= 15 is 0 Å². The molecule has 3 aliphatic heterocycles. The van der Waals surface area contributed by atoms with Crippen LogP contribution in [-0.4, -0.2) is 87.9 Å². The van der Waals surface area contributed by atoms with Crippen molar-refractivity contribution in [2.24, 2.45) is 0 Å². The lowest BCUT2D eigenvalue weighted by Gasteiger charge is -2.37. The third-order valence-electron chi connectivity index (χ3n) is 11.3. The minimum Gasteiger partial charge on any atom is -0.491 e. The van der Waals surface area contributed by atoms with Crippen molar-refractivity contribution in [3.8, 4) is 16.9 Å². The van der Waals surface area contributed by atoms with Crippen LogP contribution in [0.5, 0.6) is 5.75 Å². The maximum atomic E-state index is 13.9. The van der Waals surface area contributed by atoms with Crippen molar-refractivity contribution in [2.45, 2.75) is 90.1 Å². The molecule has 58 heavy (non-hydrogen) atoms. The van der Waals surface area contributed by atoms with Gasteiger partial charge >= 0.3 is 11.9 Å². The molecular weight excluding hydrogens is 755 g/mol. The highest BCUT2D eigenvalue weighted by Gasteiger charge is 2.41. The van der Waals surface area contributed by atoms with Crippen molar-refractivity contribution in [1.82, 2.24) is 14.9 Å². The summed E-state index contributed by atoms with van der Waals surface area (Å²) in [6.45, 7) is 9.43. The fourth-order valence-corrected chi connectivity index (χ4v) is 9.47. The number of thiazole rings is 1. The molecule has 5 heterocycles. The topological polar surface area (TPSA) is 143 Å². The molecule has 1 unspecified atom stereocenters. The zero-order valence-corrected chi connectivity index (χ0v) is 34.1. The molecule has 0 spiro atoms. The van der Waals surface area contributed by atoms with E-state index in [9.17, 15) is 19.5 Å². The van der Waals surface area contributed by atoms with Gasteiger partial charge in [-0.1, -0.05) is 47.7 Å². The molecule has 0 aliphatic carbocycles. The first kappa shape index (κ1) is 39.5. The number of carboxylic acids is 1. The van der Waals surface area contributed by atoms with E-state index in [1.807, 2.05) is 94.4 Å². The predicted molar refractivity (Wildman–Crippen MR) is 224 cm³/mol. The van der Waals surface area contributed by atoms with Gasteiger partial charge in [0.2, 0.25) is 0 Å². The minimum atomic E-state index is -0.779. The molecule has 3 aliphatic rings. The number of para-hydroxylation sites is 1. The van der Waals surface area contributed by atoms with E-state index in [0.29, 0.717) is 60.5 Å². The summed E-state index contributed by atoms with van der Waals surface area (Å²) in [7, 11) is 0. The highest BCUT2D eigenvalue weighted by Crippen LogP contribution is 2.38. The smallest absolute Gasteiger partial charge is 0.358 e. The number of carbonyl (C=O) groups is 3. The van der Waals surface area contributed by atoms with Crippen LogP contribution in [0.4, 0.5) is 10.9 Å². The number of ether oxygens (including phenoxy) is 3. The second kappa shape index (κ2) is 16.5. The largest absolute Gasteiger partial charge is 0.491 e. The molecule has 2 fully saturated rings. The molecule has 8 rings (SSSR count). The molecule has 5 aromatic rings. The molecule has 1 amide bonds. The number of carboxylic acid groups (broad SMARTS) is 1. The van der Waals surface area contributed by atoms with E-state index in [-0.39, 0.29) is 36.3 Å². The van der Waals surface area contributed by atoms with Gasteiger partial charge in [0, 0.05) is 36.3 Å². The number of pyridine rings is 1. The number of nitrogens with one attached hydrogen (secondary N) is 1. The lowest BCUT2D eigenvalue weighted by atomic mass is 9.94. The number of hydrogen-bond acceptors (Lipinski definition) is 11. The fourth-order valence-electron chi connectivity index (χ4n) is 8.61. The zero-order valence-electron chi connectivity index (χ0n) is 33.3. The lowest BCUT2D eigenvalue weighted by molar-refractivity contribution is -0.140. The van der Waals surface area contributed by atoms with Crippen LogP contribution in [0.25, 0.3) is 21.3 Å². The molecule has 2 bridgehead atoms. The van der Waals surface area contributed by atoms with E-state index in [0.717, 1.165) is 58.2 Å². The van der Waals surface area contributed by atoms with Crippen molar-refractivity contribution in [2.75, 3.05) is 36.5 Å². The number of piperidine rings is 1. The Balaban J connectivity index is 0.987. The second-order valence-electron chi connectivity index (χ2n) is 16.3. The fraction of sp³-hybridized carbons (Fsp3) is 0.400. The second-order valence-corrected chi connectivity index (χ2v) is 17.3. The summed E-state index contributed by atoms with van der Waals surface area (Å²) < 4.78 is 19.4. The predicted octanol–water partition coefficient (Wildman–Crippen LogP) is 7.91. The van der Waals surface area contributed by atoms with Gasteiger partial charge in [-0.2, -0.15) is 0 Å². The molecule has 2 saturated heterocycles. The number of rotatable bonds is 12. The van der Waals surface area contributed by atoms with Crippen LogP contribution in [0, 0.1) is 6.92 Å². The summed E-state index contributed by atoms with van der Waals surface area (Å²) in [4.78, 5) is 52.7. The van der Waals surface area contributed by atoms with Crippen LogP contribution < -0.4 is 15.0 Å². The van der Waals surface area contributed by atoms with Gasteiger partial charge in [-0.15, -0.1) is 0 Å².